The van der Waals surface area contributed by atoms with E-state index in [2.05, 4.69) is 85.1 Å². The zero-order valence-electron chi connectivity index (χ0n) is 15.7. The van der Waals surface area contributed by atoms with Crippen LogP contribution in [-0.4, -0.2) is 30.0 Å². The molecule has 0 atom stereocenters. The van der Waals surface area contributed by atoms with Crippen LogP contribution in [-0.2, 0) is 0 Å². The van der Waals surface area contributed by atoms with Crippen molar-refractivity contribution in [3.05, 3.63) is 77.4 Å². The van der Waals surface area contributed by atoms with Gasteiger partial charge in [-0.3, -0.25) is 4.98 Å². The second-order valence-corrected chi connectivity index (χ2v) is 6.82. The van der Waals surface area contributed by atoms with Gasteiger partial charge < -0.3 is 9.80 Å². The van der Waals surface area contributed by atoms with Crippen molar-refractivity contribution in [2.24, 2.45) is 0 Å². The lowest BCUT2D eigenvalue weighted by molar-refractivity contribution is 0.357. The summed E-state index contributed by atoms with van der Waals surface area (Å²) in [5.74, 6) is 0. The lowest BCUT2D eigenvalue weighted by atomic mass is 10.0. The van der Waals surface area contributed by atoms with Crippen molar-refractivity contribution in [1.82, 2.24) is 9.88 Å². The summed E-state index contributed by atoms with van der Waals surface area (Å²) >= 11 is 0. The van der Waals surface area contributed by atoms with Crippen LogP contribution in [0, 0.1) is 6.92 Å². The Balaban J connectivity index is 2.06. The molecule has 1 aromatic carbocycles. The van der Waals surface area contributed by atoms with Gasteiger partial charge >= 0.3 is 0 Å². The highest BCUT2D eigenvalue weighted by molar-refractivity contribution is 5.73. The van der Waals surface area contributed by atoms with Crippen LogP contribution < -0.4 is 4.90 Å². The lowest BCUT2D eigenvalue weighted by Gasteiger charge is -2.34. The molecule has 0 unspecified atom stereocenters. The van der Waals surface area contributed by atoms with Gasteiger partial charge in [-0.25, -0.2) is 0 Å². The number of hydrogen-bond donors (Lipinski definition) is 0. The van der Waals surface area contributed by atoms with Crippen molar-refractivity contribution in [3.8, 4) is 0 Å². The summed E-state index contributed by atoms with van der Waals surface area (Å²) in [6, 6.07) is 13.0. The molecule has 130 valence electrons. The van der Waals surface area contributed by atoms with Gasteiger partial charge in [-0.15, -0.1) is 0 Å². The molecule has 0 saturated heterocycles. The van der Waals surface area contributed by atoms with Crippen LogP contribution in [0.15, 0.2) is 66.3 Å². The van der Waals surface area contributed by atoms with Crippen LogP contribution in [0.1, 0.15) is 31.4 Å². The summed E-state index contributed by atoms with van der Waals surface area (Å²) in [6.45, 7) is 8.64. The highest BCUT2D eigenvalue weighted by Gasteiger charge is 2.19. The predicted octanol–water partition coefficient (Wildman–Crippen LogP) is 4.87. The van der Waals surface area contributed by atoms with Gasteiger partial charge in [-0.05, 0) is 63.2 Å². The fourth-order valence-electron chi connectivity index (χ4n) is 3.21. The molecular weight excluding hydrogens is 306 g/mol. The molecule has 1 aromatic heterocycles. The summed E-state index contributed by atoms with van der Waals surface area (Å²) in [5.41, 5.74) is 7.67. The number of allylic oxidation sites excluding steroid dienone is 2. The van der Waals surface area contributed by atoms with Crippen LogP contribution in [0.4, 0.5) is 5.69 Å². The number of aryl methyl sites for hydroxylation is 1. The summed E-state index contributed by atoms with van der Waals surface area (Å²) in [5, 5.41) is 0. The van der Waals surface area contributed by atoms with E-state index in [1.54, 1.807) is 0 Å². The maximum atomic E-state index is 4.14. The normalized spacial score (nSPS) is 16.2. The van der Waals surface area contributed by atoms with Crippen LogP contribution in [0.3, 0.4) is 0 Å². The molecule has 25 heavy (non-hydrogen) atoms. The summed E-state index contributed by atoms with van der Waals surface area (Å²) in [7, 11) is 2.18. The average molecular weight is 333 g/mol. The van der Waals surface area contributed by atoms with Crippen molar-refractivity contribution >= 4 is 11.3 Å². The van der Waals surface area contributed by atoms with Gasteiger partial charge in [0, 0.05) is 49.0 Å². The van der Waals surface area contributed by atoms with Crippen molar-refractivity contribution in [3.63, 3.8) is 0 Å². The lowest BCUT2D eigenvalue weighted by Crippen LogP contribution is -2.31. The van der Waals surface area contributed by atoms with Gasteiger partial charge in [0.15, 0.2) is 0 Å². The van der Waals surface area contributed by atoms with E-state index in [0.717, 1.165) is 19.5 Å². The quantitative estimate of drug-likeness (QED) is 0.796. The highest BCUT2D eigenvalue weighted by atomic mass is 15.2. The molecule has 2 aromatic rings. The van der Waals surface area contributed by atoms with E-state index in [0.29, 0.717) is 0 Å². The molecule has 3 rings (SSSR count). The molecule has 3 nitrogen and oxygen atoms in total. The minimum Gasteiger partial charge on any atom is -0.318 e. The number of anilines is 1. The minimum atomic E-state index is 0.999. The van der Waals surface area contributed by atoms with Crippen molar-refractivity contribution in [2.75, 3.05) is 25.0 Å². The third-order valence-electron chi connectivity index (χ3n) is 4.96. The van der Waals surface area contributed by atoms with Gasteiger partial charge in [0.05, 0.1) is 0 Å². The number of aromatic nitrogens is 1. The van der Waals surface area contributed by atoms with E-state index >= 15 is 0 Å². The molecule has 0 spiro atoms. The first kappa shape index (κ1) is 17.4. The Kier molecular flexibility index (Phi) is 5.34. The van der Waals surface area contributed by atoms with Gasteiger partial charge in [-0.2, -0.15) is 0 Å². The Morgan fingerprint density at radius 2 is 1.72 bits per heavy atom. The Hall–Kier alpha value is -2.39. The van der Waals surface area contributed by atoms with Gasteiger partial charge in [-0.1, -0.05) is 23.8 Å². The van der Waals surface area contributed by atoms with E-state index in [9.17, 15) is 0 Å². The molecule has 0 radical (unpaired) electrons. The van der Waals surface area contributed by atoms with Gasteiger partial charge in [0.1, 0.15) is 0 Å². The zero-order valence-corrected chi connectivity index (χ0v) is 15.7. The van der Waals surface area contributed by atoms with E-state index in [1.807, 2.05) is 12.4 Å². The average Bonchev–Trinajstić information content (AvgIpc) is 2.65. The maximum Gasteiger partial charge on any atom is 0.0455 e. The first-order valence-corrected chi connectivity index (χ1v) is 8.88. The summed E-state index contributed by atoms with van der Waals surface area (Å²) in [6.07, 6.45) is 7.13. The summed E-state index contributed by atoms with van der Waals surface area (Å²) < 4.78 is 0. The topological polar surface area (TPSA) is 19.4 Å². The number of nitrogens with zero attached hydrogens (tertiary/aromatic N) is 3. The molecule has 0 amide bonds. The fraction of sp³-hybridized carbons (Fsp3) is 0.318. The SMILES string of the molecule is CC(=C(C)N(C1=CCN(C)CC1)c1ccc(C)cc1)c1ccncc1. The van der Waals surface area contributed by atoms with Crippen LogP contribution >= 0.6 is 0 Å². The number of hydrogen-bond acceptors (Lipinski definition) is 3. The minimum absolute atomic E-state index is 0.999. The monoisotopic (exact) mass is 333 g/mol. The standard InChI is InChI=1S/C22H27N3/c1-17-5-7-21(8-6-17)25(22-11-15-24(4)16-12-22)19(3)18(2)20-9-13-23-14-10-20/h5-11,13-14H,12,15-16H2,1-4H3. The second-order valence-electron chi connectivity index (χ2n) is 6.82. The number of benzene rings is 1. The fourth-order valence-corrected chi connectivity index (χ4v) is 3.21. The molecule has 0 fully saturated rings. The number of pyridine rings is 1. The second kappa shape index (κ2) is 7.66. The Bertz CT molecular complexity index is 773. The van der Waals surface area contributed by atoms with E-state index in [4.69, 9.17) is 0 Å². The third kappa shape index (κ3) is 3.99. The highest BCUT2D eigenvalue weighted by Crippen LogP contribution is 2.31. The smallest absolute Gasteiger partial charge is 0.0455 e. The molecule has 1 aliphatic heterocycles. The molecule has 1 aliphatic rings. The molecular formula is C22H27N3. The molecule has 0 N–H and O–H groups in total. The molecule has 3 heteroatoms. The van der Waals surface area contributed by atoms with E-state index in [1.165, 1.54) is 33.8 Å². The summed E-state index contributed by atoms with van der Waals surface area (Å²) in [4.78, 5) is 8.92. The van der Waals surface area contributed by atoms with Crippen molar-refractivity contribution in [2.45, 2.75) is 27.2 Å². The van der Waals surface area contributed by atoms with Crippen molar-refractivity contribution in [1.29, 1.82) is 0 Å². The number of rotatable bonds is 4. The van der Waals surface area contributed by atoms with Crippen molar-refractivity contribution < 1.29 is 0 Å². The number of likely N-dealkylation sites (N-methyl/N-ethyl adjacent to an activating group) is 1. The van der Waals surface area contributed by atoms with Crippen LogP contribution in [0.5, 0.6) is 0 Å². The third-order valence-corrected chi connectivity index (χ3v) is 4.96. The Labute approximate surface area is 151 Å². The maximum absolute atomic E-state index is 4.14. The van der Waals surface area contributed by atoms with Gasteiger partial charge in [0.25, 0.3) is 0 Å². The largest absolute Gasteiger partial charge is 0.318 e. The van der Waals surface area contributed by atoms with E-state index < -0.39 is 0 Å². The van der Waals surface area contributed by atoms with Crippen LogP contribution in [0.2, 0.25) is 0 Å². The zero-order chi connectivity index (χ0) is 17.8. The first-order chi connectivity index (χ1) is 12.1. The molecule has 2 heterocycles. The predicted molar refractivity (Wildman–Crippen MR) is 106 cm³/mol. The van der Waals surface area contributed by atoms with E-state index in [-0.39, 0.29) is 0 Å². The van der Waals surface area contributed by atoms with Crippen LogP contribution in [0.25, 0.3) is 5.57 Å². The van der Waals surface area contributed by atoms with Gasteiger partial charge in [0.2, 0.25) is 0 Å². The molecule has 0 bridgehead atoms. The Morgan fingerprint density at radius 1 is 1.04 bits per heavy atom. The molecule has 0 aliphatic carbocycles. The first-order valence-electron chi connectivity index (χ1n) is 8.88. The Morgan fingerprint density at radius 3 is 2.32 bits per heavy atom. The molecule has 0 saturated carbocycles.